The van der Waals surface area contributed by atoms with Crippen LogP contribution in [0.2, 0.25) is 0 Å². The molecule has 0 spiro atoms. The number of hydrogen-bond acceptors (Lipinski definition) is 7. The highest BCUT2D eigenvalue weighted by atomic mass is 16.6. The summed E-state index contributed by atoms with van der Waals surface area (Å²) >= 11 is 0. The highest BCUT2D eigenvalue weighted by Gasteiger charge is 2.21. The Balaban J connectivity index is 2.71. The highest BCUT2D eigenvalue weighted by Crippen LogP contribution is 2.29. The lowest BCUT2D eigenvalue weighted by molar-refractivity contribution is -0.147. The third kappa shape index (κ3) is 6.78. The van der Waals surface area contributed by atoms with E-state index in [9.17, 15) is 14.4 Å². The van der Waals surface area contributed by atoms with Crippen LogP contribution in [0.25, 0.3) is 0 Å². The molecule has 1 rings (SSSR count). The maximum absolute atomic E-state index is 12.2. The minimum atomic E-state index is -0.673. The summed E-state index contributed by atoms with van der Waals surface area (Å²) in [4.78, 5) is 39.1. The average Bonchev–Trinajstić information content (AvgIpc) is 2.57. The van der Waals surface area contributed by atoms with Gasteiger partial charge in [0.15, 0.2) is 11.4 Å². The number of unbranched alkanes of at least 4 members (excludes halogenated alkanes) is 1. The first-order valence-electron chi connectivity index (χ1n) is 8.08. The van der Waals surface area contributed by atoms with Crippen LogP contribution in [0.15, 0.2) is 12.3 Å². The summed E-state index contributed by atoms with van der Waals surface area (Å²) in [6.45, 7) is 4.74. The van der Waals surface area contributed by atoms with Gasteiger partial charge in [0.1, 0.15) is 6.54 Å². The fourth-order valence-corrected chi connectivity index (χ4v) is 2.05. The van der Waals surface area contributed by atoms with Crippen molar-refractivity contribution in [2.24, 2.45) is 0 Å². The Morgan fingerprint density at radius 1 is 1.32 bits per heavy atom. The van der Waals surface area contributed by atoms with E-state index >= 15 is 0 Å². The molecule has 8 nitrogen and oxygen atoms in total. The van der Waals surface area contributed by atoms with Gasteiger partial charge in [-0.2, -0.15) is 0 Å². The van der Waals surface area contributed by atoms with Crippen molar-refractivity contribution in [1.82, 2.24) is 10.3 Å². The fourth-order valence-electron chi connectivity index (χ4n) is 2.05. The predicted octanol–water partition coefficient (Wildman–Crippen LogP) is 1.87. The molecule has 1 amide bonds. The van der Waals surface area contributed by atoms with Crippen molar-refractivity contribution < 1.29 is 28.6 Å². The quantitative estimate of drug-likeness (QED) is 0.677. The van der Waals surface area contributed by atoms with Crippen LogP contribution in [0.4, 0.5) is 0 Å². The van der Waals surface area contributed by atoms with Crippen LogP contribution in [0.3, 0.4) is 0 Å². The molecular weight excluding hydrogens is 328 g/mol. The second-order valence-corrected chi connectivity index (χ2v) is 5.41. The van der Waals surface area contributed by atoms with E-state index in [0.29, 0.717) is 0 Å². The first-order valence-corrected chi connectivity index (χ1v) is 8.08. The Morgan fingerprint density at radius 2 is 2.04 bits per heavy atom. The van der Waals surface area contributed by atoms with Crippen molar-refractivity contribution in [2.75, 3.05) is 13.7 Å². The second-order valence-electron chi connectivity index (χ2n) is 5.41. The largest absolute Gasteiger partial charge is 0.493 e. The van der Waals surface area contributed by atoms with Crippen LogP contribution in [-0.2, 0) is 14.3 Å². The number of ether oxygens (including phenoxy) is 3. The van der Waals surface area contributed by atoms with E-state index in [2.05, 4.69) is 17.2 Å². The number of carbonyl (C=O) groups excluding carboxylic acids is 3. The van der Waals surface area contributed by atoms with E-state index in [1.165, 1.54) is 26.3 Å². The Hall–Kier alpha value is -2.64. The summed E-state index contributed by atoms with van der Waals surface area (Å²) < 4.78 is 15.3. The zero-order valence-corrected chi connectivity index (χ0v) is 15.0. The molecule has 8 heteroatoms. The van der Waals surface area contributed by atoms with Gasteiger partial charge in [-0.05, 0) is 13.3 Å². The topological polar surface area (TPSA) is 104 Å². The zero-order valence-electron chi connectivity index (χ0n) is 15.0. The highest BCUT2D eigenvalue weighted by molar-refractivity contribution is 5.98. The van der Waals surface area contributed by atoms with E-state index in [1.807, 2.05) is 0 Å². The van der Waals surface area contributed by atoms with Crippen LogP contribution in [0.5, 0.6) is 11.5 Å². The van der Waals surface area contributed by atoms with Crippen LogP contribution in [-0.4, -0.2) is 42.6 Å². The standard InChI is InChI=1S/C17H24N2O6/c1-5-6-7-11(2)24-14(21)10-19-17(22)15-16(25-12(3)20)13(23-4)8-9-18-15/h8-9,11H,5-7,10H2,1-4H3,(H,19,22). The Labute approximate surface area is 146 Å². The maximum atomic E-state index is 12.2. The number of nitrogens with one attached hydrogen (secondary N) is 1. The van der Waals surface area contributed by atoms with Crippen LogP contribution < -0.4 is 14.8 Å². The smallest absolute Gasteiger partial charge is 0.325 e. The van der Waals surface area contributed by atoms with Gasteiger partial charge in [-0.25, -0.2) is 4.98 Å². The molecule has 0 aliphatic carbocycles. The average molecular weight is 352 g/mol. The summed E-state index contributed by atoms with van der Waals surface area (Å²) in [5.74, 6) is -1.75. The lowest BCUT2D eigenvalue weighted by Crippen LogP contribution is -2.33. The van der Waals surface area contributed by atoms with Gasteiger partial charge in [0, 0.05) is 19.2 Å². The minimum Gasteiger partial charge on any atom is -0.493 e. The number of nitrogens with zero attached hydrogens (tertiary/aromatic N) is 1. The van der Waals surface area contributed by atoms with E-state index < -0.39 is 17.8 Å². The molecule has 0 bridgehead atoms. The molecule has 1 N–H and O–H groups in total. The number of esters is 2. The lowest BCUT2D eigenvalue weighted by Gasteiger charge is -2.14. The molecule has 0 aliphatic rings. The number of methoxy groups -OCH3 is 1. The van der Waals surface area contributed by atoms with Crippen LogP contribution in [0, 0.1) is 0 Å². The zero-order chi connectivity index (χ0) is 18.8. The van der Waals surface area contributed by atoms with E-state index in [1.54, 1.807) is 6.92 Å². The number of pyridine rings is 1. The lowest BCUT2D eigenvalue weighted by atomic mass is 10.2. The molecule has 1 aromatic heterocycles. The molecule has 0 aromatic carbocycles. The molecule has 0 radical (unpaired) electrons. The van der Waals surface area contributed by atoms with Gasteiger partial charge in [-0.3, -0.25) is 14.4 Å². The van der Waals surface area contributed by atoms with Gasteiger partial charge in [-0.1, -0.05) is 19.8 Å². The molecule has 0 aliphatic heterocycles. The van der Waals surface area contributed by atoms with Gasteiger partial charge in [0.05, 0.1) is 13.2 Å². The molecule has 0 fully saturated rings. The SMILES string of the molecule is CCCCC(C)OC(=O)CNC(=O)c1nccc(OC)c1OC(C)=O. The first kappa shape index (κ1) is 20.4. The van der Waals surface area contributed by atoms with Crippen LogP contribution in [0.1, 0.15) is 50.5 Å². The van der Waals surface area contributed by atoms with Gasteiger partial charge in [0.2, 0.25) is 5.75 Å². The fraction of sp³-hybridized carbons (Fsp3) is 0.529. The van der Waals surface area contributed by atoms with Crippen molar-refractivity contribution in [2.45, 2.75) is 46.1 Å². The van der Waals surface area contributed by atoms with Gasteiger partial charge in [0.25, 0.3) is 5.91 Å². The number of rotatable bonds is 9. The first-order chi connectivity index (χ1) is 11.9. The molecule has 1 unspecified atom stereocenters. The van der Waals surface area contributed by atoms with Crippen molar-refractivity contribution in [3.8, 4) is 11.5 Å². The number of carbonyl (C=O) groups is 3. The van der Waals surface area contributed by atoms with Gasteiger partial charge in [-0.15, -0.1) is 0 Å². The predicted molar refractivity (Wildman–Crippen MR) is 89.5 cm³/mol. The molecule has 1 aromatic rings. The van der Waals surface area contributed by atoms with E-state index in [-0.39, 0.29) is 29.8 Å². The van der Waals surface area contributed by atoms with Crippen molar-refractivity contribution in [1.29, 1.82) is 0 Å². The monoisotopic (exact) mass is 352 g/mol. The normalized spacial score (nSPS) is 11.4. The van der Waals surface area contributed by atoms with E-state index in [0.717, 1.165) is 19.3 Å². The number of aromatic nitrogens is 1. The molecule has 138 valence electrons. The van der Waals surface area contributed by atoms with E-state index in [4.69, 9.17) is 14.2 Å². The molecule has 0 saturated carbocycles. The van der Waals surface area contributed by atoms with Crippen molar-refractivity contribution in [3.63, 3.8) is 0 Å². The summed E-state index contributed by atoms with van der Waals surface area (Å²) in [5, 5.41) is 2.40. The van der Waals surface area contributed by atoms with Gasteiger partial charge >= 0.3 is 11.9 Å². The third-order valence-electron chi connectivity index (χ3n) is 3.24. The number of hydrogen-bond donors (Lipinski definition) is 1. The maximum Gasteiger partial charge on any atom is 0.325 e. The molecule has 1 atom stereocenters. The van der Waals surface area contributed by atoms with Crippen molar-refractivity contribution >= 4 is 17.8 Å². The summed E-state index contributed by atoms with van der Waals surface area (Å²) in [6, 6.07) is 1.46. The third-order valence-corrected chi connectivity index (χ3v) is 3.24. The summed E-state index contributed by atoms with van der Waals surface area (Å²) in [7, 11) is 1.37. The second kappa shape index (κ2) is 10.3. The minimum absolute atomic E-state index is 0.0975. The molecule has 0 saturated heterocycles. The van der Waals surface area contributed by atoms with Crippen LogP contribution >= 0.6 is 0 Å². The summed E-state index contributed by atoms with van der Waals surface area (Å²) in [6.07, 6.45) is 3.87. The summed E-state index contributed by atoms with van der Waals surface area (Å²) in [5.41, 5.74) is -0.151. The molecule has 25 heavy (non-hydrogen) atoms. The Kier molecular flexibility index (Phi) is 8.38. The Morgan fingerprint density at radius 3 is 2.64 bits per heavy atom. The Bertz CT molecular complexity index is 617. The van der Waals surface area contributed by atoms with Crippen molar-refractivity contribution in [3.05, 3.63) is 18.0 Å². The number of amides is 1. The van der Waals surface area contributed by atoms with Gasteiger partial charge < -0.3 is 19.5 Å². The molecular formula is C17H24N2O6. The molecule has 1 heterocycles.